The first kappa shape index (κ1) is 22.9. The normalized spacial score (nSPS) is 12.9. The number of carboxylic acids is 1. The van der Waals surface area contributed by atoms with E-state index in [9.17, 15) is 19.5 Å². The molecule has 1 unspecified atom stereocenters. The van der Waals surface area contributed by atoms with Crippen molar-refractivity contribution in [1.82, 2.24) is 9.88 Å². The molecule has 0 spiro atoms. The molecule has 0 saturated heterocycles. The van der Waals surface area contributed by atoms with Gasteiger partial charge < -0.3 is 15.0 Å². The van der Waals surface area contributed by atoms with Gasteiger partial charge in [-0.15, -0.1) is 0 Å². The van der Waals surface area contributed by atoms with Crippen LogP contribution >= 0.6 is 0 Å². The molecule has 0 fully saturated rings. The molecule has 0 bridgehead atoms. The molecule has 6 nitrogen and oxygen atoms in total. The first-order valence-corrected chi connectivity index (χ1v) is 9.64. The summed E-state index contributed by atoms with van der Waals surface area (Å²) in [6.45, 7) is 14.3. The SMILES string of the molecule is CCc1c(C)cc(C(=O)NC(CC(C)(C)C)C(=O)O)c(=O)n1CCC(C)C. The molecule has 2 N–H and O–H groups in total. The van der Waals surface area contributed by atoms with Crippen LogP contribution in [0.3, 0.4) is 0 Å². The van der Waals surface area contributed by atoms with Crippen LogP contribution in [0.2, 0.25) is 0 Å². The average molecular weight is 379 g/mol. The number of hydrogen-bond donors (Lipinski definition) is 2. The maximum absolute atomic E-state index is 12.9. The molecule has 6 heteroatoms. The van der Waals surface area contributed by atoms with E-state index in [0.29, 0.717) is 18.9 Å². The lowest BCUT2D eigenvalue weighted by Crippen LogP contribution is -2.45. The summed E-state index contributed by atoms with van der Waals surface area (Å²) in [6.07, 6.45) is 1.81. The van der Waals surface area contributed by atoms with Gasteiger partial charge in [-0.1, -0.05) is 41.5 Å². The van der Waals surface area contributed by atoms with E-state index in [4.69, 9.17) is 0 Å². The van der Waals surface area contributed by atoms with Crippen molar-refractivity contribution >= 4 is 11.9 Å². The fraction of sp³-hybridized carbons (Fsp3) is 0.667. The van der Waals surface area contributed by atoms with E-state index in [0.717, 1.165) is 17.7 Å². The molecule has 1 amide bonds. The summed E-state index contributed by atoms with van der Waals surface area (Å²) in [6, 6.07) is 0.547. The third-order valence-corrected chi connectivity index (χ3v) is 4.55. The minimum absolute atomic E-state index is 0.00798. The Bertz CT molecular complexity index is 742. The van der Waals surface area contributed by atoms with Crippen LogP contribution in [0.5, 0.6) is 0 Å². The zero-order valence-electron chi connectivity index (χ0n) is 17.7. The minimum atomic E-state index is -1.10. The lowest BCUT2D eigenvalue weighted by molar-refractivity contribution is -0.140. The van der Waals surface area contributed by atoms with E-state index >= 15 is 0 Å². The Hall–Kier alpha value is -2.11. The lowest BCUT2D eigenvalue weighted by atomic mass is 9.88. The second kappa shape index (κ2) is 9.20. The number of pyridine rings is 1. The molecule has 0 saturated carbocycles. The summed E-state index contributed by atoms with van der Waals surface area (Å²) in [5, 5.41) is 12.0. The highest BCUT2D eigenvalue weighted by Crippen LogP contribution is 2.21. The van der Waals surface area contributed by atoms with Crippen molar-refractivity contribution in [2.24, 2.45) is 11.3 Å². The zero-order valence-corrected chi connectivity index (χ0v) is 17.7. The van der Waals surface area contributed by atoms with Crippen LogP contribution in [0.1, 0.15) is 76.0 Å². The Morgan fingerprint density at radius 2 is 1.85 bits per heavy atom. The Kier molecular flexibility index (Phi) is 7.81. The van der Waals surface area contributed by atoms with Crippen molar-refractivity contribution in [3.8, 4) is 0 Å². The summed E-state index contributed by atoms with van der Waals surface area (Å²) in [4.78, 5) is 37.2. The third kappa shape index (κ3) is 6.52. The van der Waals surface area contributed by atoms with E-state index < -0.39 is 17.9 Å². The van der Waals surface area contributed by atoms with Gasteiger partial charge in [0.2, 0.25) is 0 Å². The van der Waals surface area contributed by atoms with Gasteiger partial charge >= 0.3 is 5.97 Å². The molecule has 0 aliphatic heterocycles. The van der Waals surface area contributed by atoms with E-state index in [1.54, 1.807) is 10.6 Å². The third-order valence-electron chi connectivity index (χ3n) is 4.55. The molecular formula is C21H34N2O4. The van der Waals surface area contributed by atoms with Gasteiger partial charge in [0.15, 0.2) is 0 Å². The Balaban J connectivity index is 3.26. The Morgan fingerprint density at radius 1 is 1.26 bits per heavy atom. The van der Waals surface area contributed by atoms with E-state index in [1.807, 2.05) is 34.6 Å². The first-order chi connectivity index (χ1) is 12.4. The molecule has 152 valence electrons. The van der Waals surface area contributed by atoms with Crippen molar-refractivity contribution in [3.05, 3.63) is 33.2 Å². The number of hydrogen-bond acceptors (Lipinski definition) is 3. The van der Waals surface area contributed by atoms with Crippen LogP contribution < -0.4 is 10.9 Å². The van der Waals surface area contributed by atoms with Crippen molar-refractivity contribution in [1.29, 1.82) is 0 Å². The number of amides is 1. The van der Waals surface area contributed by atoms with Gasteiger partial charge in [0, 0.05) is 12.2 Å². The molecule has 1 heterocycles. The van der Waals surface area contributed by atoms with E-state index in [-0.39, 0.29) is 23.0 Å². The molecule has 0 aliphatic rings. The molecule has 1 aromatic heterocycles. The summed E-state index contributed by atoms with van der Waals surface area (Å²) < 4.78 is 1.67. The summed E-state index contributed by atoms with van der Waals surface area (Å²) in [7, 11) is 0. The first-order valence-electron chi connectivity index (χ1n) is 9.64. The summed E-state index contributed by atoms with van der Waals surface area (Å²) in [5.74, 6) is -1.29. The molecule has 1 rings (SSSR count). The van der Waals surface area contributed by atoms with Crippen molar-refractivity contribution in [2.45, 2.75) is 80.3 Å². The van der Waals surface area contributed by atoms with E-state index in [1.165, 1.54) is 0 Å². The van der Waals surface area contributed by atoms with Crippen LogP contribution in [0.4, 0.5) is 0 Å². The topological polar surface area (TPSA) is 88.4 Å². The summed E-state index contributed by atoms with van der Waals surface area (Å²) >= 11 is 0. The number of aliphatic carboxylic acids is 1. The monoisotopic (exact) mass is 378 g/mol. The van der Waals surface area contributed by atoms with Crippen LogP contribution in [-0.2, 0) is 17.8 Å². The number of carbonyl (C=O) groups is 2. The van der Waals surface area contributed by atoms with Gasteiger partial charge in [-0.3, -0.25) is 9.59 Å². The van der Waals surface area contributed by atoms with Crippen LogP contribution in [0, 0.1) is 18.3 Å². The number of carbonyl (C=O) groups excluding carboxylic acids is 1. The van der Waals surface area contributed by atoms with Crippen molar-refractivity contribution in [2.75, 3.05) is 0 Å². The van der Waals surface area contributed by atoms with Gasteiger partial charge in [-0.2, -0.15) is 0 Å². The molecule has 0 aromatic carbocycles. The predicted octanol–water partition coefficient (Wildman–Crippen LogP) is 3.38. The zero-order chi connectivity index (χ0) is 20.9. The average Bonchev–Trinajstić information content (AvgIpc) is 2.52. The van der Waals surface area contributed by atoms with Gasteiger partial charge in [-0.25, -0.2) is 4.79 Å². The number of aryl methyl sites for hydroxylation is 1. The highest BCUT2D eigenvalue weighted by Gasteiger charge is 2.28. The van der Waals surface area contributed by atoms with Crippen LogP contribution in [-0.4, -0.2) is 27.6 Å². The van der Waals surface area contributed by atoms with Crippen molar-refractivity contribution in [3.63, 3.8) is 0 Å². The number of carboxylic acid groups (broad SMARTS) is 1. The van der Waals surface area contributed by atoms with E-state index in [2.05, 4.69) is 19.2 Å². The molecule has 27 heavy (non-hydrogen) atoms. The molecular weight excluding hydrogens is 344 g/mol. The van der Waals surface area contributed by atoms with Crippen LogP contribution in [0.15, 0.2) is 10.9 Å². The number of aromatic nitrogens is 1. The van der Waals surface area contributed by atoms with Crippen molar-refractivity contribution < 1.29 is 14.7 Å². The largest absolute Gasteiger partial charge is 0.480 e. The predicted molar refractivity (Wildman–Crippen MR) is 107 cm³/mol. The standard InChI is InChI=1S/C21H34N2O4/c1-8-17-14(4)11-15(19(25)23(17)10-9-13(2)3)18(24)22-16(20(26)27)12-21(5,6)7/h11,13,16H,8-10,12H2,1-7H3,(H,22,24)(H,26,27). The maximum atomic E-state index is 12.9. The molecule has 0 radical (unpaired) electrons. The second-order valence-electron chi connectivity index (χ2n) is 8.81. The number of rotatable bonds is 8. The fourth-order valence-corrected chi connectivity index (χ4v) is 3.15. The molecule has 1 atom stereocenters. The lowest BCUT2D eigenvalue weighted by Gasteiger charge is -2.24. The number of nitrogens with one attached hydrogen (secondary N) is 1. The minimum Gasteiger partial charge on any atom is -0.480 e. The smallest absolute Gasteiger partial charge is 0.326 e. The van der Waals surface area contributed by atoms with Gasteiger partial charge in [0.1, 0.15) is 11.6 Å². The van der Waals surface area contributed by atoms with Gasteiger partial charge in [-0.05, 0) is 49.1 Å². The summed E-state index contributed by atoms with van der Waals surface area (Å²) in [5.41, 5.74) is 1.18. The highest BCUT2D eigenvalue weighted by atomic mass is 16.4. The fourth-order valence-electron chi connectivity index (χ4n) is 3.15. The quantitative estimate of drug-likeness (QED) is 0.726. The molecule has 1 aromatic rings. The van der Waals surface area contributed by atoms with Gasteiger partial charge in [0.25, 0.3) is 11.5 Å². The van der Waals surface area contributed by atoms with Crippen LogP contribution in [0.25, 0.3) is 0 Å². The highest BCUT2D eigenvalue weighted by molar-refractivity contribution is 5.96. The Labute approximate surface area is 162 Å². The van der Waals surface area contributed by atoms with Gasteiger partial charge in [0.05, 0.1) is 0 Å². The maximum Gasteiger partial charge on any atom is 0.326 e. The number of nitrogens with zero attached hydrogens (tertiary/aromatic N) is 1. The Morgan fingerprint density at radius 3 is 2.30 bits per heavy atom. The second-order valence-corrected chi connectivity index (χ2v) is 8.81. The molecule has 0 aliphatic carbocycles.